The summed E-state index contributed by atoms with van der Waals surface area (Å²) < 4.78 is 5.71. The molecule has 0 bridgehead atoms. The Bertz CT molecular complexity index is 853. The Balaban J connectivity index is 1.33. The van der Waals surface area contributed by atoms with E-state index in [0.717, 1.165) is 43.4 Å². The molecule has 152 valence electrons. The summed E-state index contributed by atoms with van der Waals surface area (Å²) in [7, 11) is 0. The topological polar surface area (TPSA) is 58.6 Å². The summed E-state index contributed by atoms with van der Waals surface area (Å²) in [6.07, 6.45) is 5.22. The van der Waals surface area contributed by atoms with Crippen LogP contribution in [-0.2, 0) is 17.8 Å². The number of hydrogen-bond acceptors (Lipinski definition) is 3. The highest BCUT2D eigenvalue weighted by atomic mass is 16.5. The zero-order valence-corrected chi connectivity index (χ0v) is 16.9. The fourth-order valence-corrected chi connectivity index (χ4v) is 3.31. The number of amides is 2. The van der Waals surface area contributed by atoms with Crippen molar-refractivity contribution in [2.75, 3.05) is 6.61 Å². The van der Waals surface area contributed by atoms with Crippen LogP contribution in [0.25, 0.3) is 0 Å². The van der Waals surface area contributed by atoms with Gasteiger partial charge in [-0.25, -0.2) is 0 Å². The van der Waals surface area contributed by atoms with E-state index >= 15 is 0 Å². The van der Waals surface area contributed by atoms with Crippen molar-refractivity contribution in [1.82, 2.24) is 10.2 Å². The SMILES string of the molecule is CCc1ccc(OCC(=O)N(Cc2ccc(C(=O)NC3CC3)cc2)C2CC2)cc1. The lowest BCUT2D eigenvalue weighted by Crippen LogP contribution is -2.36. The summed E-state index contributed by atoms with van der Waals surface area (Å²) in [5, 5.41) is 3.00. The largest absolute Gasteiger partial charge is 0.484 e. The van der Waals surface area contributed by atoms with Gasteiger partial charge in [-0.15, -0.1) is 0 Å². The van der Waals surface area contributed by atoms with Gasteiger partial charge in [-0.2, -0.15) is 0 Å². The summed E-state index contributed by atoms with van der Waals surface area (Å²) >= 11 is 0. The van der Waals surface area contributed by atoms with Gasteiger partial charge >= 0.3 is 0 Å². The van der Waals surface area contributed by atoms with E-state index < -0.39 is 0 Å². The molecule has 1 N–H and O–H groups in total. The number of carbonyl (C=O) groups is 2. The number of nitrogens with one attached hydrogen (secondary N) is 1. The lowest BCUT2D eigenvalue weighted by atomic mass is 10.1. The van der Waals surface area contributed by atoms with Gasteiger partial charge in [-0.1, -0.05) is 31.2 Å². The predicted octanol–water partition coefficient (Wildman–Crippen LogP) is 3.71. The normalized spacial score (nSPS) is 15.6. The van der Waals surface area contributed by atoms with Crippen molar-refractivity contribution >= 4 is 11.8 Å². The monoisotopic (exact) mass is 392 g/mol. The third-order valence-electron chi connectivity index (χ3n) is 5.48. The van der Waals surface area contributed by atoms with Gasteiger partial charge in [0.15, 0.2) is 6.61 Å². The highest BCUT2D eigenvalue weighted by Crippen LogP contribution is 2.29. The maximum Gasteiger partial charge on any atom is 0.261 e. The molecule has 4 rings (SSSR count). The van der Waals surface area contributed by atoms with Crippen molar-refractivity contribution in [3.8, 4) is 5.75 Å². The number of hydrogen-bond donors (Lipinski definition) is 1. The van der Waals surface area contributed by atoms with Crippen LogP contribution in [0.2, 0.25) is 0 Å². The van der Waals surface area contributed by atoms with Crippen LogP contribution >= 0.6 is 0 Å². The summed E-state index contributed by atoms with van der Waals surface area (Å²) in [4.78, 5) is 26.8. The second-order valence-electron chi connectivity index (χ2n) is 7.98. The molecule has 0 aromatic heterocycles. The fourth-order valence-electron chi connectivity index (χ4n) is 3.31. The van der Waals surface area contributed by atoms with Gasteiger partial charge in [0.1, 0.15) is 5.75 Å². The Kier molecular flexibility index (Phi) is 5.84. The molecule has 0 heterocycles. The zero-order chi connectivity index (χ0) is 20.2. The van der Waals surface area contributed by atoms with Crippen molar-refractivity contribution in [2.45, 2.75) is 57.7 Å². The van der Waals surface area contributed by atoms with E-state index in [1.807, 2.05) is 53.4 Å². The van der Waals surface area contributed by atoms with Crippen molar-refractivity contribution in [3.05, 3.63) is 65.2 Å². The van der Waals surface area contributed by atoms with Crippen molar-refractivity contribution in [3.63, 3.8) is 0 Å². The Morgan fingerprint density at radius 1 is 0.966 bits per heavy atom. The average molecular weight is 392 g/mol. The second kappa shape index (κ2) is 8.68. The van der Waals surface area contributed by atoms with E-state index in [0.29, 0.717) is 24.2 Å². The van der Waals surface area contributed by atoms with Gasteiger partial charge in [0.25, 0.3) is 11.8 Å². The van der Waals surface area contributed by atoms with E-state index in [4.69, 9.17) is 4.74 Å². The molecule has 0 radical (unpaired) electrons. The third kappa shape index (κ3) is 5.37. The number of benzene rings is 2. The van der Waals surface area contributed by atoms with Gasteiger partial charge < -0.3 is 15.0 Å². The van der Waals surface area contributed by atoms with Gasteiger partial charge in [-0.3, -0.25) is 9.59 Å². The second-order valence-corrected chi connectivity index (χ2v) is 7.98. The number of rotatable bonds is 9. The molecule has 2 saturated carbocycles. The number of carbonyl (C=O) groups excluding carboxylic acids is 2. The van der Waals surface area contributed by atoms with E-state index in [1.165, 1.54) is 5.56 Å². The molecule has 0 atom stereocenters. The molecule has 2 aromatic carbocycles. The Morgan fingerprint density at radius 2 is 1.62 bits per heavy atom. The summed E-state index contributed by atoms with van der Waals surface area (Å²) in [5.74, 6) is 0.705. The molecular formula is C24H28N2O3. The average Bonchev–Trinajstić information content (AvgIpc) is 3.66. The number of nitrogens with zero attached hydrogens (tertiary/aromatic N) is 1. The first-order valence-corrected chi connectivity index (χ1v) is 10.5. The van der Waals surface area contributed by atoms with Gasteiger partial charge in [0.2, 0.25) is 0 Å². The quantitative estimate of drug-likeness (QED) is 0.708. The van der Waals surface area contributed by atoms with Gasteiger partial charge in [0.05, 0.1) is 0 Å². The molecule has 2 aromatic rings. The van der Waals surface area contributed by atoms with Crippen LogP contribution in [0.15, 0.2) is 48.5 Å². The van der Waals surface area contributed by atoms with Crippen molar-refractivity contribution in [2.24, 2.45) is 0 Å². The van der Waals surface area contributed by atoms with Crippen LogP contribution < -0.4 is 10.1 Å². The molecule has 0 spiro atoms. The Labute approximate surface area is 172 Å². The first-order chi connectivity index (χ1) is 14.1. The number of aryl methyl sites for hydroxylation is 1. The van der Waals surface area contributed by atoms with E-state index in [-0.39, 0.29) is 18.4 Å². The van der Waals surface area contributed by atoms with Gasteiger partial charge in [0, 0.05) is 24.2 Å². The Hall–Kier alpha value is -2.82. The molecular weight excluding hydrogens is 364 g/mol. The molecule has 29 heavy (non-hydrogen) atoms. The van der Waals surface area contributed by atoms with E-state index in [2.05, 4.69) is 12.2 Å². The third-order valence-corrected chi connectivity index (χ3v) is 5.48. The maximum absolute atomic E-state index is 12.8. The highest BCUT2D eigenvalue weighted by Gasteiger charge is 2.32. The van der Waals surface area contributed by atoms with E-state index in [9.17, 15) is 9.59 Å². The van der Waals surface area contributed by atoms with Crippen LogP contribution in [-0.4, -0.2) is 35.4 Å². The minimum atomic E-state index is -0.0170. The maximum atomic E-state index is 12.8. The molecule has 2 aliphatic rings. The van der Waals surface area contributed by atoms with Crippen molar-refractivity contribution < 1.29 is 14.3 Å². The van der Waals surface area contributed by atoms with Crippen LogP contribution in [0.5, 0.6) is 5.75 Å². The highest BCUT2D eigenvalue weighted by molar-refractivity contribution is 5.94. The fraction of sp³-hybridized carbons (Fsp3) is 0.417. The molecule has 5 nitrogen and oxygen atoms in total. The smallest absolute Gasteiger partial charge is 0.261 e. The lowest BCUT2D eigenvalue weighted by Gasteiger charge is -2.23. The molecule has 5 heteroatoms. The van der Waals surface area contributed by atoms with Crippen LogP contribution in [0.4, 0.5) is 0 Å². The minimum absolute atomic E-state index is 0.00243. The minimum Gasteiger partial charge on any atom is -0.484 e. The van der Waals surface area contributed by atoms with Crippen LogP contribution in [0.3, 0.4) is 0 Å². The first kappa shape index (κ1) is 19.5. The summed E-state index contributed by atoms with van der Waals surface area (Å²) in [6, 6.07) is 16.1. The zero-order valence-electron chi connectivity index (χ0n) is 16.9. The molecule has 0 unspecified atom stereocenters. The lowest BCUT2D eigenvalue weighted by molar-refractivity contribution is -0.134. The number of ether oxygens (including phenoxy) is 1. The molecule has 2 fully saturated rings. The Morgan fingerprint density at radius 3 is 2.21 bits per heavy atom. The van der Waals surface area contributed by atoms with Crippen LogP contribution in [0, 0.1) is 0 Å². The molecule has 2 aliphatic carbocycles. The molecule has 2 amide bonds. The predicted molar refractivity (Wildman–Crippen MR) is 112 cm³/mol. The summed E-state index contributed by atoms with van der Waals surface area (Å²) in [5.41, 5.74) is 2.95. The molecule has 0 aliphatic heterocycles. The summed E-state index contributed by atoms with van der Waals surface area (Å²) in [6.45, 7) is 2.70. The first-order valence-electron chi connectivity index (χ1n) is 10.5. The van der Waals surface area contributed by atoms with E-state index in [1.54, 1.807) is 0 Å². The molecule has 0 saturated heterocycles. The van der Waals surface area contributed by atoms with Crippen molar-refractivity contribution in [1.29, 1.82) is 0 Å². The van der Waals surface area contributed by atoms with Crippen LogP contribution in [0.1, 0.15) is 54.1 Å². The van der Waals surface area contributed by atoms with Gasteiger partial charge in [-0.05, 0) is 67.5 Å². The standard InChI is InChI=1S/C24H28N2O3/c1-2-17-5-13-22(14-6-17)29-16-23(27)26(21-11-12-21)15-18-3-7-19(8-4-18)24(28)25-20-9-10-20/h3-8,13-14,20-21H,2,9-12,15-16H2,1H3,(H,25,28).